The summed E-state index contributed by atoms with van der Waals surface area (Å²) in [5, 5.41) is 2.47. The van der Waals surface area contributed by atoms with E-state index in [0.29, 0.717) is 0 Å². The SMILES string of the molecule is c1ccc(Oc2ccc3c4ccccc4n(-c4ccccc4)c3c2)cc1. The number of rotatable bonds is 3. The van der Waals surface area contributed by atoms with Crippen LogP contribution in [0.4, 0.5) is 0 Å². The predicted octanol–water partition coefficient (Wildman–Crippen LogP) is 6.58. The molecule has 0 aliphatic rings. The molecule has 2 nitrogen and oxygen atoms in total. The maximum absolute atomic E-state index is 6.06. The minimum Gasteiger partial charge on any atom is -0.457 e. The first-order valence-corrected chi connectivity index (χ1v) is 8.72. The van der Waals surface area contributed by atoms with E-state index in [9.17, 15) is 0 Å². The molecule has 0 bridgehead atoms. The molecule has 0 fully saturated rings. The summed E-state index contributed by atoms with van der Waals surface area (Å²) in [6, 6.07) is 35.2. The lowest BCUT2D eigenvalue weighted by atomic mass is 10.1. The average molecular weight is 335 g/mol. The molecule has 0 unspecified atom stereocenters. The molecule has 0 saturated heterocycles. The van der Waals surface area contributed by atoms with Gasteiger partial charge in [0.25, 0.3) is 0 Å². The molecule has 0 saturated carbocycles. The lowest BCUT2D eigenvalue weighted by Crippen LogP contribution is -1.93. The molecule has 0 aliphatic carbocycles. The van der Waals surface area contributed by atoms with Gasteiger partial charge >= 0.3 is 0 Å². The highest BCUT2D eigenvalue weighted by Gasteiger charge is 2.12. The van der Waals surface area contributed by atoms with Gasteiger partial charge in [-0.3, -0.25) is 0 Å². The Kier molecular flexibility index (Phi) is 3.46. The Hall–Kier alpha value is -3.52. The van der Waals surface area contributed by atoms with E-state index in [1.807, 2.05) is 42.5 Å². The van der Waals surface area contributed by atoms with Crippen LogP contribution in [-0.4, -0.2) is 4.57 Å². The van der Waals surface area contributed by atoms with Gasteiger partial charge in [-0.1, -0.05) is 54.6 Å². The van der Waals surface area contributed by atoms with Gasteiger partial charge in [0.1, 0.15) is 11.5 Å². The lowest BCUT2D eigenvalue weighted by Gasteiger charge is -2.09. The zero-order valence-corrected chi connectivity index (χ0v) is 14.2. The minimum atomic E-state index is 0.837. The van der Waals surface area contributed by atoms with Crippen molar-refractivity contribution in [3.05, 3.63) is 103 Å². The Labute approximate surface area is 151 Å². The molecule has 1 aromatic heterocycles. The van der Waals surface area contributed by atoms with Crippen LogP contribution < -0.4 is 4.74 Å². The van der Waals surface area contributed by atoms with E-state index in [2.05, 4.69) is 65.2 Å². The second kappa shape index (κ2) is 6.08. The summed E-state index contributed by atoms with van der Waals surface area (Å²) in [5.41, 5.74) is 3.49. The second-order valence-corrected chi connectivity index (χ2v) is 6.28. The Morgan fingerprint density at radius 1 is 0.500 bits per heavy atom. The third-order valence-electron chi connectivity index (χ3n) is 4.64. The Morgan fingerprint density at radius 2 is 1.15 bits per heavy atom. The van der Waals surface area contributed by atoms with Gasteiger partial charge in [0.05, 0.1) is 11.0 Å². The summed E-state index contributed by atoms with van der Waals surface area (Å²) in [6.45, 7) is 0. The van der Waals surface area contributed by atoms with E-state index in [4.69, 9.17) is 4.74 Å². The van der Waals surface area contributed by atoms with E-state index in [1.54, 1.807) is 0 Å². The molecular weight excluding hydrogens is 318 g/mol. The fourth-order valence-electron chi connectivity index (χ4n) is 3.49. The average Bonchev–Trinajstić information content (AvgIpc) is 3.03. The predicted molar refractivity (Wildman–Crippen MR) is 107 cm³/mol. The summed E-state index contributed by atoms with van der Waals surface area (Å²) in [7, 11) is 0. The number of benzene rings is 4. The van der Waals surface area contributed by atoms with Crippen LogP contribution in [0, 0.1) is 0 Å². The molecule has 4 aromatic carbocycles. The highest BCUT2D eigenvalue weighted by atomic mass is 16.5. The fourth-order valence-corrected chi connectivity index (χ4v) is 3.49. The van der Waals surface area contributed by atoms with E-state index >= 15 is 0 Å². The monoisotopic (exact) mass is 335 g/mol. The number of aromatic nitrogens is 1. The van der Waals surface area contributed by atoms with Crippen molar-refractivity contribution in [2.75, 3.05) is 0 Å². The summed E-state index contributed by atoms with van der Waals surface area (Å²) < 4.78 is 8.35. The molecular formula is C24H17NO. The van der Waals surface area contributed by atoms with Gasteiger partial charge in [0.15, 0.2) is 0 Å². The van der Waals surface area contributed by atoms with Crippen LogP contribution in [0.15, 0.2) is 103 Å². The molecule has 2 heteroatoms. The van der Waals surface area contributed by atoms with Crippen molar-refractivity contribution in [1.82, 2.24) is 4.57 Å². The quantitative estimate of drug-likeness (QED) is 0.363. The maximum Gasteiger partial charge on any atom is 0.129 e. The molecule has 1 heterocycles. The van der Waals surface area contributed by atoms with Gasteiger partial charge in [-0.25, -0.2) is 0 Å². The van der Waals surface area contributed by atoms with Crippen molar-refractivity contribution in [1.29, 1.82) is 0 Å². The normalized spacial score (nSPS) is 11.1. The Morgan fingerprint density at radius 3 is 1.96 bits per heavy atom. The molecule has 124 valence electrons. The third kappa shape index (κ3) is 2.44. The van der Waals surface area contributed by atoms with Crippen LogP contribution in [0.5, 0.6) is 11.5 Å². The zero-order valence-electron chi connectivity index (χ0n) is 14.2. The van der Waals surface area contributed by atoms with Crippen LogP contribution in [-0.2, 0) is 0 Å². The van der Waals surface area contributed by atoms with Crippen molar-refractivity contribution in [2.45, 2.75) is 0 Å². The summed E-state index contributed by atoms with van der Waals surface area (Å²) in [5.74, 6) is 1.68. The molecule has 0 N–H and O–H groups in total. The van der Waals surface area contributed by atoms with Gasteiger partial charge in [-0.2, -0.15) is 0 Å². The van der Waals surface area contributed by atoms with Gasteiger partial charge in [-0.05, 0) is 42.5 Å². The molecule has 0 spiro atoms. The standard InChI is InChI=1S/C24H17NO/c1-3-9-18(10-4-1)25-23-14-8-7-13-21(23)22-16-15-20(17-24(22)25)26-19-11-5-2-6-12-19/h1-17H. The fraction of sp³-hybridized carbons (Fsp3) is 0. The molecule has 0 atom stereocenters. The van der Waals surface area contributed by atoms with Crippen LogP contribution in [0.3, 0.4) is 0 Å². The molecule has 5 aromatic rings. The van der Waals surface area contributed by atoms with E-state index in [1.165, 1.54) is 16.3 Å². The molecule has 0 aliphatic heterocycles. The van der Waals surface area contributed by atoms with Gasteiger partial charge in [0.2, 0.25) is 0 Å². The number of para-hydroxylation sites is 3. The zero-order chi connectivity index (χ0) is 17.3. The molecule has 0 radical (unpaired) electrons. The highest BCUT2D eigenvalue weighted by Crippen LogP contribution is 2.35. The van der Waals surface area contributed by atoms with E-state index in [-0.39, 0.29) is 0 Å². The molecule has 5 rings (SSSR count). The van der Waals surface area contributed by atoms with Crippen LogP contribution >= 0.6 is 0 Å². The van der Waals surface area contributed by atoms with Crippen molar-refractivity contribution >= 4 is 21.8 Å². The maximum atomic E-state index is 6.06. The number of fused-ring (bicyclic) bond motifs is 3. The van der Waals surface area contributed by atoms with Gasteiger partial charge in [0, 0.05) is 22.5 Å². The van der Waals surface area contributed by atoms with Crippen LogP contribution in [0.2, 0.25) is 0 Å². The first-order valence-electron chi connectivity index (χ1n) is 8.72. The number of nitrogens with zero attached hydrogens (tertiary/aromatic N) is 1. The van der Waals surface area contributed by atoms with E-state index < -0.39 is 0 Å². The van der Waals surface area contributed by atoms with Gasteiger partial charge in [-0.15, -0.1) is 0 Å². The van der Waals surface area contributed by atoms with Crippen LogP contribution in [0.25, 0.3) is 27.5 Å². The smallest absolute Gasteiger partial charge is 0.129 e. The van der Waals surface area contributed by atoms with Crippen LogP contribution in [0.1, 0.15) is 0 Å². The van der Waals surface area contributed by atoms with E-state index in [0.717, 1.165) is 22.7 Å². The molecule has 0 amide bonds. The number of hydrogen-bond donors (Lipinski definition) is 0. The Balaban J connectivity index is 1.75. The van der Waals surface area contributed by atoms with Crippen molar-refractivity contribution in [3.63, 3.8) is 0 Å². The number of hydrogen-bond acceptors (Lipinski definition) is 1. The van der Waals surface area contributed by atoms with Gasteiger partial charge < -0.3 is 9.30 Å². The second-order valence-electron chi connectivity index (χ2n) is 6.28. The summed E-state index contributed by atoms with van der Waals surface area (Å²) in [6.07, 6.45) is 0. The summed E-state index contributed by atoms with van der Waals surface area (Å²) in [4.78, 5) is 0. The topological polar surface area (TPSA) is 14.2 Å². The summed E-state index contributed by atoms with van der Waals surface area (Å²) >= 11 is 0. The number of ether oxygens (including phenoxy) is 1. The Bertz CT molecular complexity index is 1190. The van der Waals surface area contributed by atoms with Crippen molar-refractivity contribution < 1.29 is 4.74 Å². The van der Waals surface area contributed by atoms with Crippen molar-refractivity contribution in [2.24, 2.45) is 0 Å². The third-order valence-corrected chi connectivity index (χ3v) is 4.64. The first-order chi connectivity index (χ1) is 12.9. The highest BCUT2D eigenvalue weighted by molar-refractivity contribution is 6.09. The minimum absolute atomic E-state index is 0.837. The van der Waals surface area contributed by atoms with Crippen molar-refractivity contribution in [3.8, 4) is 17.2 Å². The lowest BCUT2D eigenvalue weighted by molar-refractivity contribution is 0.483. The largest absolute Gasteiger partial charge is 0.457 e. The molecule has 26 heavy (non-hydrogen) atoms. The first kappa shape index (κ1) is 14.8.